The molecule has 0 aliphatic carbocycles. The van der Waals surface area contributed by atoms with E-state index in [0.717, 1.165) is 18.6 Å². The van der Waals surface area contributed by atoms with Crippen LogP contribution in [0.1, 0.15) is 59.1 Å². The fourth-order valence-electron chi connectivity index (χ4n) is 4.33. The monoisotopic (exact) mass is 664 g/mol. The first-order valence-corrected chi connectivity index (χ1v) is 16.5. The molecular weight excluding hydrogens is 625 g/mol. The number of hydrogen-bond donors (Lipinski definition) is 2. The Morgan fingerprint density at radius 3 is 2.20 bits per heavy atom. The highest BCUT2D eigenvalue weighted by atomic mass is 32.2. The molecule has 2 aromatic rings. The van der Waals surface area contributed by atoms with Gasteiger partial charge in [0.2, 0.25) is 0 Å². The molecule has 1 amide bonds. The molecule has 1 atom stereocenters. The Balaban J connectivity index is 2.70. The summed E-state index contributed by atoms with van der Waals surface area (Å²) in [5.41, 5.74) is -6.87. The van der Waals surface area contributed by atoms with Gasteiger partial charge in [-0.2, -0.15) is 21.6 Å². The van der Waals surface area contributed by atoms with Gasteiger partial charge in [-0.25, -0.2) is 18.2 Å². The Kier molecular flexibility index (Phi) is 10.9. The second kappa shape index (κ2) is 13.0. The van der Waals surface area contributed by atoms with E-state index in [1.807, 2.05) is 0 Å². The molecule has 0 fully saturated rings. The fourth-order valence-corrected chi connectivity index (χ4v) is 6.46. The summed E-state index contributed by atoms with van der Waals surface area (Å²) in [5.74, 6) is -0.406. The number of benzene rings is 1. The molecular formula is C28H39F3N4O7S2. The van der Waals surface area contributed by atoms with Crippen LogP contribution in [-0.2, 0) is 36.4 Å². The van der Waals surface area contributed by atoms with E-state index in [-0.39, 0.29) is 21.7 Å². The van der Waals surface area contributed by atoms with Crippen molar-refractivity contribution in [2.45, 2.75) is 87.1 Å². The lowest BCUT2D eigenvalue weighted by Gasteiger charge is -2.39. The van der Waals surface area contributed by atoms with Crippen molar-refractivity contribution in [1.82, 2.24) is 9.88 Å². The largest absolute Gasteiger partial charge is 0.444 e. The van der Waals surface area contributed by atoms with Gasteiger partial charge in [-0.1, -0.05) is 39.0 Å². The number of aliphatic hydroxyl groups is 1. The number of sulfonamides is 1. The average Bonchev–Trinajstić information content (AvgIpc) is 2.86. The van der Waals surface area contributed by atoms with Crippen LogP contribution in [0, 0.1) is 0 Å². The van der Waals surface area contributed by atoms with Gasteiger partial charge in [-0.15, -0.1) is 4.40 Å². The van der Waals surface area contributed by atoms with Crippen LogP contribution < -0.4 is 5.32 Å². The topological polar surface area (TPSA) is 155 Å². The molecule has 0 radical (unpaired) electrons. The number of sulfone groups is 1. The van der Waals surface area contributed by atoms with Crippen molar-refractivity contribution in [2.75, 3.05) is 25.2 Å². The Morgan fingerprint density at radius 2 is 1.68 bits per heavy atom. The normalized spacial score (nSPS) is 14.7. The third-order valence-electron chi connectivity index (χ3n) is 6.35. The Bertz CT molecular complexity index is 1600. The van der Waals surface area contributed by atoms with Crippen molar-refractivity contribution < 1.29 is 44.6 Å². The standard InChI is InChI=1S/C28H39F3N4O7S2/c1-9-43(38,39)23-14-19(21(16-32-23)34-24(36)42-25(2,3)4)15-27(37,28(29,30)31)17-26(5,6)20-12-10-11-13-22(20)44(40,41)33-18-35(7)8/h10-14,16,18,37H,9,15,17H2,1-8H3,(H,34,36). The van der Waals surface area contributed by atoms with Crippen LogP contribution in [0.3, 0.4) is 0 Å². The highest BCUT2D eigenvalue weighted by Gasteiger charge is 2.56. The lowest BCUT2D eigenvalue weighted by Crippen LogP contribution is -2.51. The molecule has 16 heteroatoms. The van der Waals surface area contributed by atoms with Gasteiger partial charge in [-0.05, 0) is 55.9 Å². The van der Waals surface area contributed by atoms with Crippen LogP contribution in [0.15, 0.2) is 50.8 Å². The number of ether oxygens (including phenoxy) is 1. The van der Waals surface area contributed by atoms with Crippen LogP contribution >= 0.6 is 0 Å². The minimum Gasteiger partial charge on any atom is -0.444 e. The molecule has 44 heavy (non-hydrogen) atoms. The van der Waals surface area contributed by atoms with Crippen LogP contribution in [0.2, 0.25) is 0 Å². The van der Waals surface area contributed by atoms with Crippen LogP contribution in [0.4, 0.5) is 23.7 Å². The minimum atomic E-state index is -5.29. The molecule has 0 saturated heterocycles. The molecule has 0 saturated carbocycles. The molecule has 1 aromatic carbocycles. The molecule has 0 aliphatic heterocycles. The molecule has 246 valence electrons. The third kappa shape index (κ3) is 9.38. The van der Waals surface area contributed by atoms with Gasteiger partial charge < -0.3 is 14.7 Å². The SMILES string of the molecule is CCS(=O)(=O)c1cc(CC(O)(CC(C)(C)c2ccccc2S(=O)(=O)N=CN(C)C)C(F)(F)F)c(NC(=O)OC(C)(C)C)cn1. The van der Waals surface area contributed by atoms with E-state index < -0.39 is 72.4 Å². The van der Waals surface area contributed by atoms with Gasteiger partial charge in [0.15, 0.2) is 20.5 Å². The van der Waals surface area contributed by atoms with E-state index in [1.54, 1.807) is 34.9 Å². The van der Waals surface area contributed by atoms with E-state index >= 15 is 0 Å². The maximum atomic E-state index is 14.8. The van der Waals surface area contributed by atoms with Crippen molar-refractivity contribution in [2.24, 2.45) is 4.40 Å². The maximum Gasteiger partial charge on any atom is 0.417 e. The summed E-state index contributed by atoms with van der Waals surface area (Å²) in [4.78, 5) is 17.3. The first-order valence-electron chi connectivity index (χ1n) is 13.4. The van der Waals surface area contributed by atoms with E-state index in [0.29, 0.717) is 0 Å². The molecule has 0 bridgehead atoms. The molecule has 1 heterocycles. The van der Waals surface area contributed by atoms with E-state index in [1.165, 1.54) is 49.9 Å². The Labute approximate surface area is 256 Å². The molecule has 1 unspecified atom stereocenters. The molecule has 2 N–H and O–H groups in total. The molecule has 0 aliphatic rings. The van der Waals surface area contributed by atoms with Crippen molar-refractivity contribution in [3.8, 4) is 0 Å². The molecule has 0 spiro atoms. The van der Waals surface area contributed by atoms with Crippen LogP contribution in [-0.4, -0.2) is 81.5 Å². The first-order chi connectivity index (χ1) is 19.8. The second-order valence-corrected chi connectivity index (χ2v) is 16.0. The van der Waals surface area contributed by atoms with Gasteiger partial charge in [0.05, 0.1) is 22.5 Å². The Morgan fingerprint density at radius 1 is 1.09 bits per heavy atom. The highest BCUT2D eigenvalue weighted by molar-refractivity contribution is 7.91. The summed E-state index contributed by atoms with van der Waals surface area (Å²) in [6, 6.07) is 6.26. The zero-order valence-corrected chi connectivity index (χ0v) is 27.5. The molecule has 2 rings (SSSR count). The predicted molar refractivity (Wildman–Crippen MR) is 160 cm³/mol. The lowest BCUT2D eigenvalue weighted by atomic mass is 9.73. The number of amides is 1. The smallest absolute Gasteiger partial charge is 0.417 e. The number of carbonyl (C=O) groups excluding carboxylic acids is 1. The quantitative estimate of drug-likeness (QED) is 0.257. The van der Waals surface area contributed by atoms with E-state index in [2.05, 4.69) is 14.7 Å². The number of alkyl halides is 3. The van der Waals surface area contributed by atoms with Gasteiger partial charge in [-0.3, -0.25) is 5.32 Å². The number of halogens is 3. The summed E-state index contributed by atoms with van der Waals surface area (Å²) < 4.78 is 104. The fraction of sp³-hybridized carbons (Fsp3) is 0.536. The summed E-state index contributed by atoms with van der Waals surface area (Å²) >= 11 is 0. The molecule has 1 aromatic heterocycles. The zero-order valence-electron chi connectivity index (χ0n) is 25.9. The van der Waals surface area contributed by atoms with E-state index in [9.17, 15) is 39.9 Å². The second-order valence-electron chi connectivity index (χ2n) is 12.1. The van der Waals surface area contributed by atoms with Crippen molar-refractivity contribution in [1.29, 1.82) is 0 Å². The predicted octanol–water partition coefficient (Wildman–Crippen LogP) is 4.70. The number of hydrogen-bond acceptors (Lipinski definition) is 8. The van der Waals surface area contributed by atoms with Gasteiger partial charge in [0.25, 0.3) is 10.0 Å². The highest BCUT2D eigenvalue weighted by Crippen LogP contribution is 2.45. The van der Waals surface area contributed by atoms with Crippen molar-refractivity contribution in [3.63, 3.8) is 0 Å². The first kappa shape index (κ1) is 36.9. The number of anilines is 1. The zero-order chi connectivity index (χ0) is 33.9. The third-order valence-corrected chi connectivity index (χ3v) is 9.26. The van der Waals surface area contributed by atoms with Crippen LogP contribution in [0.25, 0.3) is 0 Å². The van der Waals surface area contributed by atoms with Crippen LogP contribution in [0.5, 0.6) is 0 Å². The van der Waals surface area contributed by atoms with Crippen molar-refractivity contribution in [3.05, 3.63) is 47.7 Å². The number of pyridine rings is 1. The van der Waals surface area contributed by atoms with Gasteiger partial charge in [0.1, 0.15) is 11.9 Å². The summed E-state index contributed by atoms with van der Waals surface area (Å²) in [5, 5.41) is 13.1. The molecule has 11 nitrogen and oxygen atoms in total. The van der Waals surface area contributed by atoms with Gasteiger partial charge in [0, 0.05) is 20.5 Å². The van der Waals surface area contributed by atoms with Crippen molar-refractivity contribution >= 4 is 38.0 Å². The number of carbonyl (C=O) groups is 1. The number of nitrogens with zero attached hydrogens (tertiary/aromatic N) is 3. The number of rotatable bonds is 11. The maximum absolute atomic E-state index is 14.8. The van der Waals surface area contributed by atoms with Gasteiger partial charge >= 0.3 is 12.3 Å². The number of aromatic nitrogens is 1. The summed E-state index contributed by atoms with van der Waals surface area (Å²) in [6.07, 6.45) is -6.69. The number of nitrogens with one attached hydrogen (secondary N) is 1. The minimum absolute atomic E-state index is 0.0327. The van der Waals surface area contributed by atoms with E-state index in [4.69, 9.17) is 4.74 Å². The average molecular weight is 665 g/mol. The summed E-state index contributed by atoms with van der Waals surface area (Å²) in [6.45, 7) is 8.71. The Hall–Kier alpha value is -3.24. The summed E-state index contributed by atoms with van der Waals surface area (Å²) in [7, 11) is -5.27. The lowest BCUT2D eigenvalue weighted by molar-refractivity contribution is -0.266.